The molecule has 0 spiro atoms. The molecule has 2 nitrogen and oxygen atoms in total. The van der Waals surface area contributed by atoms with E-state index >= 15 is 0 Å². The van der Waals surface area contributed by atoms with Crippen molar-refractivity contribution in [3.05, 3.63) is 29.8 Å². The second-order valence-corrected chi connectivity index (χ2v) is 9.28. The Bertz CT molecular complexity index is 508. The maximum atomic E-state index is 5.92. The number of nitrogens with zero attached hydrogens (tertiary/aromatic N) is 1. The zero-order chi connectivity index (χ0) is 19.5. The Morgan fingerprint density at radius 1 is 1.00 bits per heavy atom. The van der Waals surface area contributed by atoms with E-state index in [-0.39, 0.29) is 5.41 Å². The molecular weight excluding hydrogens is 330 g/mol. The molecule has 0 aliphatic carbocycles. The third-order valence-corrected chi connectivity index (χ3v) is 6.40. The van der Waals surface area contributed by atoms with Crippen LogP contribution in [0.4, 0.5) is 0 Å². The second-order valence-electron chi connectivity index (χ2n) is 9.28. The van der Waals surface area contributed by atoms with Crippen LogP contribution >= 0.6 is 0 Å². The highest BCUT2D eigenvalue weighted by Gasteiger charge is 2.17. The van der Waals surface area contributed by atoms with E-state index < -0.39 is 0 Å². The Labute approximate surface area is 168 Å². The predicted octanol–water partition coefficient (Wildman–Crippen LogP) is 6.83. The van der Waals surface area contributed by atoms with E-state index in [0.717, 1.165) is 24.7 Å². The van der Waals surface area contributed by atoms with E-state index in [1.165, 1.54) is 76.6 Å². The fourth-order valence-corrected chi connectivity index (χ4v) is 4.03. The van der Waals surface area contributed by atoms with Crippen LogP contribution < -0.4 is 4.74 Å². The topological polar surface area (TPSA) is 12.5 Å². The molecule has 1 atom stereocenters. The van der Waals surface area contributed by atoms with Gasteiger partial charge in [0.2, 0.25) is 0 Å². The van der Waals surface area contributed by atoms with Crippen molar-refractivity contribution in [3.63, 3.8) is 0 Å². The first-order valence-electron chi connectivity index (χ1n) is 11.5. The van der Waals surface area contributed by atoms with E-state index in [1.807, 2.05) is 0 Å². The third kappa shape index (κ3) is 8.25. The van der Waals surface area contributed by atoms with E-state index in [4.69, 9.17) is 4.74 Å². The minimum atomic E-state index is 0.255. The Hall–Kier alpha value is -1.02. The van der Waals surface area contributed by atoms with Crippen molar-refractivity contribution in [2.75, 3.05) is 26.2 Å². The van der Waals surface area contributed by atoms with Gasteiger partial charge in [-0.15, -0.1) is 0 Å². The summed E-state index contributed by atoms with van der Waals surface area (Å²) in [6.45, 7) is 14.1. The first-order chi connectivity index (χ1) is 13.0. The zero-order valence-corrected chi connectivity index (χ0v) is 18.4. The molecule has 154 valence electrons. The molecule has 27 heavy (non-hydrogen) atoms. The summed E-state index contributed by atoms with van der Waals surface area (Å²) in [6.07, 6.45) is 12.0. The summed E-state index contributed by atoms with van der Waals surface area (Å²) in [5.74, 6) is 1.93. The van der Waals surface area contributed by atoms with Crippen molar-refractivity contribution < 1.29 is 4.74 Å². The summed E-state index contributed by atoms with van der Waals surface area (Å²) < 4.78 is 5.92. The predicted molar refractivity (Wildman–Crippen MR) is 118 cm³/mol. The maximum Gasteiger partial charge on any atom is 0.119 e. The molecule has 0 N–H and O–H groups in total. The van der Waals surface area contributed by atoms with Crippen molar-refractivity contribution in [2.24, 2.45) is 5.92 Å². The fraction of sp³-hybridized carbons (Fsp3) is 0.760. The van der Waals surface area contributed by atoms with Crippen LogP contribution in [0.2, 0.25) is 0 Å². The first kappa shape index (κ1) is 22.3. The molecule has 0 radical (unpaired) electrons. The largest absolute Gasteiger partial charge is 0.494 e. The molecule has 2 rings (SSSR count). The minimum absolute atomic E-state index is 0.255. The monoisotopic (exact) mass is 373 g/mol. The van der Waals surface area contributed by atoms with Crippen LogP contribution in [-0.2, 0) is 5.41 Å². The van der Waals surface area contributed by atoms with Crippen LogP contribution in [0.15, 0.2) is 24.3 Å². The molecule has 1 aromatic carbocycles. The zero-order valence-electron chi connectivity index (χ0n) is 18.4. The van der Waals surface area contributed by atoms with Crippen molar-refractivity contribution in [1.29, 1.82) is 0 Å². The highest BCUT2D eigenvalue weighted by Crippen LogP contribution is 2.28. The van der Waals surface area contributed by atoms with Crippen LogP contribution in [0, 0.1) is 5.92 Å². The van der Waals surface area contributed by atoms with Gasteiger partial charge in [-0.3, -0.25) is 0 Å². The van der Waals surface area contributed by atoms with Gasteiger partial charge in [-0.2, -0.15) is 0 Å². The van der Waals surface area contributed by atoms with Crippen LogP contribution in [0.5, 0.6) is 5.75 Å². The van der Waals surface area contributed by atoms with E-state index in [2.05, 4.69) is 56.9 Å². The quantitative estimate of drug-likeness (QED) is 0.372. The number of ether oxygens (including phenoxy) is 1. The van der Waals surface area contributed by atoms with Gasteiger partial charge in [0, 0.05) is 6.54 Å². The normalized spacial score (nSPS) is 18.6. The van der Waals surface area contributed by atoms with Gasteiger partial charge in [0.05, 0.1) is 6.61 Å². The SMILES string of the molecule is CCC(C)(C)c1ccc(OCCCCCCCCN2CCCC(C)C2)cc1. The van der Waals surface area contributed by atoms with Gasteiger partial charge in [-0.05, 0) is 74.2 Å². The standard InChI is InChI=1S/C25H43NO/c1-5-25(3,4)23-14-16-24(17-15-23)27-20-11-9-7-6-8-10-18-26-19-12-13-22(2)21-26/h14-17,22H,5-13,18-21H2,1-4H3. The summed E-state index contributed by atoms with van der Waals surface area (Å²) in [5.41, 5.74) is 1.65. The molecule has 0 amide bonds. The Morgan fingerprint density at radius 2 is 1.67 bits per heavy atom. The third-order valence-electron chi connectivity index (χ3n) is 6.40. The highest BCUT2D eigenvalue weighted by atomic mass is 16.5. The van der Waals surface area contributed by atoms with Gasteiger partial charge in [0.15, 0.2) is 0 Å². The Balaban J connectivity index is 1.46. The lowest BCUT2D eigenvalue weighted by molar-refractivity contribution is 0.180. The second kappa shape index (κ2) is 11.7. The highest BCUT2D eigenvalue weighted by molar-refractivity contribution is 5.31. The molecule has 1 heterocycles. The van der Waals surface area contributed by atoms with Gasteiger partial charge in [0.1, 0.15) is 5.75 Å². The molecular formula is C25H43NO. The number of rotatable bonds is 12. The number of piperidine rings is 1. The number of likely N-dealkylation sites (tertiary alicyclic amines) is 1. The lowest BCUT2D eigenvalue weighted by Gasteiger charge is -2.30. The number of hydrogen-bond acceptors (Lipinski definition) is 2. The summed E-state index contributed by atoms with van der Waals surface area (Å²) in [4.78, 5) is 2.68. The number of unbranched alkanes of at least 4 members (excludes halogenated alkanes) is 5. The number of benzene rings is 1. The summed E-state index contributed by atoms with van der Waals surface area (Å²) in [6, 6.07) is 8.71. The van der Waals surface area contributed by atoms with Gasteiger partial charge in [-0.25, -0.2) is 0 Å². The molecule has 0 aromatic heterocycles. The number of hydrogen-bond donors (Lipinski definition) is 0. The van der Waals surface area contributed by atoms with Crippen molar-refractivity contribution in [2.45, 2.75) is 90.9 Å². The minimum Gasteiger partial charge on any atom is -0.494 e. The maximum absolute atomic E-state index is 5.92. The molecule has 1 unspecified atom stereocenters. The molecule has 1 aromatic rings. The van der Waals surface area contributed by atoms with E-state index in [1.54, 1.807) is 0 Å². The Morgan fingerprint density at radius 3 is 2.33 bits per heavy atom. The molecule has 1 aliphatic rings. The van der Waals surface area contributed by atoms with Crippen molar-refractivity contribution in [3.8, 4) is 5.75 Å². The molecule has 0 bridgehead atoms. The van der Waals surface area contributed by atoms with Gasteiger partial charge in [0.25, 0.3) is 0 Å². The van der Waals surface area contributed by atoms with Gasteiger partial charge < -0.3 is 9.64 Å². The molecule has 1 fully saturated rings. The van der Waals surface area contributed by atoms with Crippen LogP contribution in [0.1, 0.15) is 91.0 Å². The smallest absolute Gasteiger partial charge is 0.119 e. The van der Waals surface area contributed by atoms with Gasteiger partial charge in [-0.1, -0.05) is 65.5 Å². The first-order valence-corrected chi connectivity index (χ1v) is 11.5. The van der Waals surface area contributed by atoms with Crippen LogP contribution in [-0.4, -0.2) is 31.1 Å². The van der Waals surface area contributed by atoms with Crippen LogP contribution in [0.3, 0.4) is 0 Å². The van der Waals surface area contributed by atoms with E-state index in [0.29, 0.717) is 0 Å². The lowest BCUT2D eigenvalue weighted by Crippen LogP contribution is -2.34. The van der Waals surface area contributed by atoms with Crippen molar-refractivity contribution in [1.82, 2.24) is 4.90 Å². The molecule has 1 aliphatic heterocycles. The Kier molecular flexibility index (Phi) is 9.68. The molecule has 2 heteroatoms. The molecule has 0 saturated carbocycles. The van der Waals surface area contributed by atoms with Gasteiger partial charge >= 0.3 is 0 Å². The fourth-order valence-electron chi connectivity index (χ4n) is 4.03. The van der Waals surface area contributed by atoms with Crippen molar-refractivity contribution >= 4 is 0 Å². The van der Waals surface area contributed by atoms with E-state index in [9.17, 15) is 0 Å². The lowest BCUT2D eigenvalue weighted by atomic mass is 9.82. The average molecular weight is 374 g/mol. The average Bonchev–Trinajstić information content (AvgIpc) is 2.67. The van der Waals surface area contributed by atoms with Crippen LogP contribution in [0.25, 0.3) is 0 Å². The molecule has 1 saturated heterocycles. The summed E-state index contributed by atoms with van der Waals surface area (Å²) >= 11 is 0. The summed E-state index contributed by atoms with van der Waals surface area (Å²) in [5, 5.41) is 0. The summed E-state index contributed by atoms with van der Waals surface area (Å²) in [7, 11) is 0.